The van der Waals surface area contributed by atoms with E-state index in [4.69, 9.17) is 19.4 Å². The fourth-order valence-corrected chi connectivity index (χ4v) is 7.48. The van der Waals surface area contributed by atoms with Gasteiger partial charge in [-0.1, -0.05) is 90.1 Å². The summed E-state index contributed by atoms with van der Waals surface area (Å²) in [5.74, 6) is 1.41. The number of H-pyrrole nitrogens is 2. The predicted molar refractivity (Wildman–Crippen MR) is 221 cm³/mol. The summed E-state index contributed by atoms with van der Waals surface area (Å²) in [6.07, 6.45) is 3.69. The molecule has 2 aliphatic rings. The van der Waals surface area contributed by atoms with Crippen LogP contribution >= 0.6 is 0 Å². The number of nitrogens with one attached hydrogen (secondary N) is 4. The lowest BCUT2D eigenvalue weighted by Crippen LogP contribution is -2.59. The first kappa shape index (κ1) is 41.3. The lowest BCUT2D eigenvalue weighted by Gasteiger charge is -2.41. The van der Waals surface area contributed by atoms with Gasteiger partial charge in [0.05, 0.1) is 73.4 Å². The smallest absolute Gasteiger partial charge is 0.240 e. The number of imidazole rings is 2. The van der Waals surface area contributed by atoms with Crippen LogP contribution in [0, 0.1) is 10.8 Å². The number of carbonyl (C=O) groups excluding carboxylic acids is 2. The number of nitrogens with zero attached hydrogens (tertiary/aromatic N) is 4. The number of hydrogen-bond acceptors (Lipinski definition) is 8. The Morgan fingerprint density at radius 2 is 0.857 bits per heavy atom. The number of rotatable bonds is 11. The molecule has 2 atom stereocenters. The molecule has 2 aromatic heterocycles. The Bertz CT molecular complexity index is 1800. The molecule has 0 saturated carbocycles. The summed E-state index contributed by atoms with van der Waals surface area (Å²) in [4.78, 5) is 48.2. The lowest BCUT2D eigenvalue weighted by molar-refractivity contribution is -0.136. The number of aromatic nitrogens is 4. The minimum Gasteiger partial charge on any atom is -0.379 e. The van der Waals surface area contributed by atoms with E-state index in [0.29, 0.717) is 26.4 Å². The van der Waals surface area contributed by atoms with Crippen LogP contribution in [0.5, 0.6) is 0 Å². The molecule has 0 radical (unpaired) electrons. The number of hydrogen-bond donors (Lipinski definition) is 4. The summed E-state index contributed by atoms with van der Waals surface area (Å²) in [6.45, 7) is 26.0. The Balaban J connectivity index is 1.12. The molecule has 0 spiro atoms. The minimum atomic E-state index is -0.673. The van der Waals surface area contributed by atoms with E-state index < -0.39 is 11.1 Å². The number of morpholine rings is 2. The van der Waals surface area contributed by atoms with Crippen LogP contribution in [-0.4, -0.2) is 105 Å². The highest BCUT2D eigenvalue weighted by Crippen LogP contribution is 2.36. The molecule has 0 aliphatic carbocycles. The summed E-state index contributed by atoms with van der Waals surface area (Å²) in [5, 5.41) is 6.63. The Hall–Kier alpha value is -4.36. The van der Waals surface area contributed by atoms with Gasteiger partial charge < -0.3 is 30.1 Å². The van der Waals surface area contributed by atoms with E-state index >= 15 is 0 Å². The van der Waals surface area contributed by atoms with Crippen LogP contribution in [0.25, 0.3) is 33.6 Å². The van der Waals surface area contributed by atoms with Crippen molar-refractivity contribution >= 4 is 11.8 Å². The molecular weight excluding hydrogens is 705 g/mol. The Morgan fingerprint density at radius 3 is 1.16 bits per heavy atom. The van der Waals surface area contributed by atoms with Crippen LogP contribution in [0.2, 0.25) is 0 Å². The van der Waals surface area contributed by atoms with Gasteiger partial charge in [-0.2, -0.15) is 0 Å². The molecule has 0 bridgehead atoms. The first-order chi connectivity index (χ1) is 26.4. The van der Waals surface area contributed by atoms with Crippen molar-refractivity contribution in [2.45, 2.75) is 92.4 Å². The number of aromatic amines is 2. The van der Waals surface area contributed by atoms with Crippen molar-refractivity contribution in [1.82, 2.24) is 40.4 Å². The topological polar surface area (TPSA) is 140 Å². The number of ether oxygens (including phenoxy) is 2. The quantitative estimate of drug-likeness (QED) is 0.131. The van der Waals surface area contributed by atoms with E-state index in [-0.39, 0.29) is 34.7 Å². The van der Waals surface area contributed by atoms with Crippen LogP contribution in [0.1, 0.15) is 93.0 Å². The largest absolute Gasteiger partial charge is 0.379 e. The van der Waals surface area contributed by atoms with E-state index in [2.05, 4.69) is 120 Å². The molecule has 6 rings (SSSR count). The molecule has 12 heteroatoms. The SMILES string of the molecule is CC(C)(C)[C@H](NC(=O)C(C)(C)N1CCOCC1)c1ncc(-c2ccc(-c3ccc(-c4cnc([C@@H](NC(=O)C(C)(C)N5CCOCC5)C(C)(C)C)[nH]4)cc3)cc2)[nH]1. The van der Waals surface area contributed by atoms with Gasteiger partial charge in [-0.05, 0) is 60.8 Å². The van der Waals surface area contributed by atoms with Gasteiger partial charge in [0.25, 0.3) is 0 Å². The second-order valence-corrected chi connectivity index (χ2v) is 18.4. The van der Waals surface area contributed by atoms with Crippen LogP contribution in [0.15, 0.2) is 60.9 Å². The minimum absolute atomic E-state index is 0.0255. The maximum Gasteiger partial charge on any atom is 0.240 e. The predicted octanol–water partition coefficient (Wildman–Crippen LogP) is 6.76. The number of carbonyl (C=O) groups is 2. The molecule has 302 valence electrons. The molecule has 4 aromatic rings. The number of amides is 2. The zero-order valence-electron chi connectivity index (χ0n) is 35.0. The fourth-order valence-electron chi connectivity index (χ4n) is 7.48. The van der Waals surface area contributed by atoms with Gasteiger partial charge >= 0.3 is 0 Å². The first-order valence-corrected chi connectivity index (χ1v) is 19.9. The highest BCUT2D eigenvalue weighted by molar-refractivity contribution is 5.86. The second-order valence-electron chi connectivity index (χ2n) is 18.4. The average Bonchev–Trinajstić information content (AvgIpc) is 3.87. The lowest BCUT2D eigenvalue weighted by atomic mass is 9.85. The van der Waals surface area contributed by atoms with Gasteiger partial charge in [0.1, 0.15) is 11.6 Å². The van der Waals surface area contributed by atoms with Crippen molar-refractivity contribution in [2.24, 2.45) is 10.8 Å². The Labute approximate surface area is 332 Å². The van der Waals surface area contributed by atoms with E-state index in [0.717, 1.165) is 71.5 Å². The molecule has 4 N–H and O–H groups in total. The van der Waals surface area contributed by atoms with Crippen LogP contribution in [0.4, 0.5) is 0 Å². The van der Waals surface area contributed by atoms with E-state index in [1.807, 2.05) is 40.1 Å². The molecule has 12 nitrogen and oxygen atoms in total. The summed E-state index contributed by atoms with van der Waals surface area (Å²) >= 11 is 0. The van der Waals surface area contributed by atoms with Crippen molar-refractivity contribution in [1.29, 1.82) is 0 Å². The second kappa shape index (κ2) is 16.2. The summed E-state index contributed by atoms with van der Waals surface area (Å²) in [7, 11) is 0. The summed E-state index contributed by atoms with van der Waals surface area (Å²) in [6, 6.07) is 16.2. The van der Waals surface area contributed by atoms with Crippen LogP contribution < -0.4 is 10.6 Å². The third kappa shape index (κ3) is 9.09. The van der Waals surface area contributed by atoms with E-state index in [1.54, 1.807) is 0 Å². The molecule has 2 aliphatic heterocycles. The average molecular weight is 767 g/mol. The molecule has 4 heterocycles. The van der Waals surface area contributed by atoms with Crippen molar-refractivity contribution in [3.63, 3.8) is 0 Å². The monoisotopic (exact) mass is 766 g/mol. The molecular formula is C44H62N8O4. The van der Waals surface area contributed by atoms with Crippen LogP contribution in [0.3, 0.4) is 0 Å². The molecule has 0 unspecified atom stereocenters. The highest BCUT2D eigenvalue weighted by Gasteiger charge is 2.41. The highest BCUT2D eigenvalue weighted by atomic mass is 16.5. The summed E-state index contributed by atoms with van der Waals surface area (Å²) in [5.41, 5.74) is 4.09. The molecule has 2 amide bonds. The van der Waals surface area contributed by atoms with Crippen LogP contribution in [-0.2, 0) is 19.1 Å². The summed E-state index contributed by atoms with van der Waals surface area (Å²) < 4.78 is 11.0. The van der Waals surface area contributed by atoms with Crippen molar-refractivity contribution in [3.05, 3.63) is 72.6 Å². The van der Waals surface area contributed by atoms with Gasteiger partial charge in [0.15, 0.2) is 0 Å². The molecule has 56 heavy (non-hydrogen) atoms. The van der Waals surface area contributed by atoms with Crippen molar-refractivity contribution in [3.8, 4) is 33.6 Å². The standard InChI is InChI=1S/C44H62N8O4/c1-41(2,3)35(49-39(53)43(7,8)51-19-23-55-24-20-51)37-45-27-33(47-37)31-15-11-29(12-16-31)30-13-17-32(18-14-30)34-28-46-38(48-34)36(42(4,5)6)50-40(54)44(9,10)52-21-25-56-26-22-52/h11-18,27-28,35-36H,19-26H2,1-10H3,(H,45,47)(H,46,48)(H,49,53)(H,50,54)/t35-,36-/m1/s1. The molecule has 2 fully saturated rings. The molecule has 2 aromatic carbocycles. The maximum absolute atomic E-state index is 13.7. The van der Waals surface area contributed by atoms with Gasteiger partial charge in [0, 0.05) is 26.2 Å². The van der Waals surface area contributed by atoms with Gasteiger partial charge in [0.2, 0.25) is 11.8 Å². The zero-order valence-corrected chi connectivity index (χ0v) is 35.0. The maximum atomic E-state index is 13.7. The third-order valence-electron chi connectivity index (χ3n) is 11.5. The van der Waals surface area contributed by atoms with Gasteiger partial charge in [-0.3, -0.25) is 19.4 Å². The van der Waals surface area contributed by atoms with Gasteiger partial charge in [-0.15, -0.1) is 0 Å². The zero-order chi connectivity index (χ0) is 40.5. The first-order valence-electron chi connectivity index (χ1n) is 19.9. The third-order valence-corrected chi connectivity index (χ3v) is 11.5. The van der Waals surface area contributed by atoms with E-state index in [9.17, 15) is 9.59 Å². The Kier molecular flexibility index (Phi) is 12.0. The van der Waals surface area contributed by atoms with Crippen molar-refractivity contribution < 1.29 is 19.1 Å². The number of benzene rings is 2. The molecule has 2 saturated heterocycles. The Morgan fingerprint density at radius 1 is 0.554 bits per heavy atom. The fraction of sp³-hybridized carbons (Fsp3) is 0.545. The van der Waals surface area contributed by atoms with Gasteiger partial charge in [-0.25, -0.2) is 9.97 Å². The van der Waals surface area contributed by atoms with Crippen molar-refractivity contribution in [2.75, 3.05) is 52.6 Å². The van der Waals surface area contributed by atoms with E-state index in [1.165, 1.54) is 0 Å². The normalized spacial score (nSPS) is 17.7.